The van der Waals surface area contributed by atoms with E-state index in [-0.39, 0.29) is 11.8 Å². The first-order valence-electron chi connectivity index (χ1n) is 8.13. The van der Waals surface area contributed by atoms with E-state index in [0.717, 1.165) is 4.90 Å². The van der Waals surface area contributed by atoms with E-state index in [4.69, 9.17) is 0 Å². The Morgan fingerprint density at radius 3 is 2.50 bits per heavy atom. The first-order chi connectivity index (χ1) is 12.5. The summed E-state index contributed by atoms with van der Waals surface area (Å²) in [6.07, 6.45) is 0. The van der Waals surface area contributed by atoms with Crippen LogP contribution in [0.4, 0.5) is 11.4 Å². The summed E-state index contributed by atoms with van der Waals surface area (Å²) in [5.41, 5.74) is 2.84. The van der Waals surface area contributed by atoms with Crippen LogP contribution in [0, 0.1) is 6.92 Å². The molecular formula is C20H15N3O3. The van der Waals surface area contributed by atoms with Crippen LogP contribution in [0.2, 0.25) is 0 Å². The van der Waals surface area contributed by atoms with Gasteiger partial charge in [-0.15, -0.1) is 0 Å². The van der Waals surface area contributed by atoms with Crippen molar-refractivity contribution in [3.8, 4) is 0 Å². The zero-order valence-corrected chi connectivity index (χ0v) is 14.2. The summed E-state index contributed by atoms with van der Waals surface area (Å²) < 4.78 is 0. The number of carbonyl (C=O) groups is 3. The van der Waals surface area contributed by atoms with Gasteiger partial charge in [-0.05, 0) is 31.2 Å². The van der Waals surface area contributed by atoms with Crippen LogP contribution in [0.5, 0.6) is 0 Å². The van der Waals surface area contributed by atoms with Gasteiger partial charge in [-0.3, -0.25) is 19.4 Å². The standard InChI is InChI=1S/C20H15N3O3/c1-11-17-18(15-8-3-4-9-16(15)21-11)20(26)23(19(17)25)14-7-5-6-13(10-14)22-12(2)24/h3-10H,1-2H3,(H,22,24). The molecule has 26 heavy (non-hydrogen) atoms. The highest BCUT2D eigenvalue weighted by Crippen LogP contribution is 2.34. The minimum atomic E-state index is -0.402. The van der Waals surface area contributed by atoms with Gasteiger partial charge in [-0.2, -0.15) is 0 Å². The van der Waals surface area contributed by atoms with E-state index in [2.05, 4.69) is 10.3 Å². The van der Waals surface area contributed by atoms with E-state index in [1.165, 1.54) is 6.92 Å². The van der Waals surface area contributed by atoms with Crippen molar-refractivity contribution in [3.63, 3.8) is 0 Å². The Labute approximate surface area is 149 Å². The Morgan fingerprint density at radius 1 is 1.00 bits per heavy atom. The minimum Gasteiger partial charge on any atom is -0.326 e. The third-order valence-electron chi connectivity index (χ3n) is 4.33. The molecule has 128 valence electrons. The predicted octanol–water partition coefficient (Wildman–Crippen LogP) is 3.30. The molecule has 6 heteroatoms. The molecule has 0 saturated carbocycles. The van der Waals surface area contributed by atoms with Gasteiger partial charge in [0.2, 0.25) is 5.91 Å². The maximum atomic E-state index is 13.1. The number of rotatable bonds is 2. The summed E-state index contributed by atoms with van der Waals surface area (Å²) in [6, 6.07) is 13.9. The number of para-hydroxylation sites is 1. The number of aromatic nitrogens is 1. The van der Waals surface area contributed by atoms with Crippen LogP contribution in [0.15, 0.2) is 48.5 Å². The number of carbonyl (C=O) groups excluding carboxylic acids is 3. The number of hydrogen-bond acceptors (Lipinski definition) is 4. The topological polar surface area (TPSA) is 79.4 Å². The maximum absolute atomic E-state index is 13.1. The van der Waals surface area contributed by atoms with Gasteiger partial charge >= 0.3 is 0 Å². The molecule has 1 aliphatic heterocycles. The fourth-order valence-corrected chi connectivity index (χ4v) is 3.29. The molecule has 0 spiro atoms. The number of nitrogens with zero attached hydrogens (tertiary/aromatic N) is 2. The van der Waals surface area contributed by atoms with Gasteiger partial charge in [-0.25, -0.2) is 4.90 Å². The average molecular weight is 345 g/mol. The lowest BCUT2D eigenvalue weighted by Gasteiger charge is -2.15. The van der Waals surface area contributed by atoms with Crippen LogP contribution in [0.3, 0.4) is 0 Å². The van der Waals surface area contributed by atoms with Crippen molar-refractivity contribution in [3.05, 3.63) is 65.4 Å². The van der Waals surface area contributed by atoms with Gasteiger partial charge < -0.3 is 5.32 Å². The molecule has 3 amide bonds. The molecule has 0 fully saturated rings. The number of anilines is 2. The van der Waals surface area contributed by atoms with Crippen LogP contribution >= 0.6 is 0 Å². The van der Waals surface area contributed by atoms with Crippen molar-refractivity contribution >= 4 is 40.0 Å². The zero-order chi connectivity index (χ0) is 18.4. The van der Waals surface area contributed by atoms with Gasteiger partial charge in [0, 0.05) is 18.0 Å². The number of aryl methyl sites for hydroxylation is 1. The Morgan fingerprint density at radius 2 is 1.73 bits per heavy atom. The molecule has 0 unspecified atom stereocenters. The summed E-state index contributed by atoms with van der Waals surface area (Å²) >= 11 is 0. The molecule has 3 aromatic rings. The fourth-order valence-electron chi connectivity index (χ4n) is 3.29. The number of imide groups is 1. The summed E-state index contributed by atoms with van der Waals surface area (Å²) in [4.78, 5) is 43.0. The van der Waals surface area contributed by atoms with E-state index >= 15 is 0 Å². The van der Waals surface area contributed by atoms with Crippen molar-refractivity contribution in [2.45, 2.75) is 13.8 Å². The molecule has 0 atom stereocenters. The molecule has 1 N–H and O–H groups in total. The molecule has 2 aromatic carbocycles. The summed E-state index contributed by atoms with van der Waals surface area (Å²) in [5.74, 6) is -1.01. The SMILES string of the molecule is CC(=O)Nc1cccc(N2C(=O)c3c(C)nc4ccccc4c3C2=O)c1. The summed E-state index contributed by atoms with van der Waals surface area (Å²) in [5, 5.41) is 3.32. The first kappa shape index (κ1) is 16.0. The van der Waals surface area contributed by atoms with Crippen molar-refractivity contribution in [1.29, 1.82) is 0 Å². The van der Waals surface area contributed by atoms with Gasteiger partial charge in [0.1, 0.15) is 0 Å². The Bertz CT molecular complexity index is 1100. The molecule has 0 aliphatic carbocycles. The van der Waals surface area contributed by atoms with E-state index < -0.39 is 5.91 Å². The Balaban J connectivity index is 1.87. The van der Waals surface area contributed by atoms with Crippen LogP contribution in [-0.4, -0.2) is 22.7 Å². The van der Waals surface area contributed by atoms with Crippen LogP contribution in [-0.2, 0) is 4.79 Å². The van der Waals surface area contributed by atoms with Gasteiger partial charge in [0.05, 0.1) is 28.0 Å². The fraction of sp³-hybridized carbons (Fsp3) is 0.100. The summed E-state index contributed by atoms with van der Waals surface area (Å²) in [6.45, 7) is 3.13. The second kappa shape index (κ2) is 5.77. The molecule has 0 saturated heterocycles. The number of hydrogen-bond donors (Lipinski definition) is 1. The van der Waals surface area contributed by atoms with Gasteiger partial charge in [0.25, 0.3) is 11.8 Å². The van der Waals surface area contributed by atoms with Gasteiger partial charge in [0.15, 0.2) is 0 Å². The normalized spacial score (nSPS) is 13.2. The molecule has 6 nitrogen and oxygen atoms in total. The average Bonchev–Trinajstić information content (AvgIpc) is 2.86. The zero-order valence-electron chi connectivity index (χ0n) is 14.2. The monoisotopic (exact) mass is 345 g/mol. The van der Waals surface area contributed by atoms with Crippen molar-refractivity contribution in [2.75, 3.05) is 10.2 Å². The lowest BCUT2D eigenvalue weighted by molar-refractivity contribution is -0.114. The van der Waals surface area contributed by atoms with Crippen molar-refractivity contribution < 1.29 is 14.4 Å². The Hall–Kier alpha value is -3.54. The molecule has 2 heterocycles. The Kier molecular flexibility index (Phi) is 3.54. The van der Waals surface area contributed by atoms with E-state index in [0.29, 0.717) is 39.1 Å². The molecule has 1 aliphatic rings. The van der Waals surface area contributed by atoms with Crippen LogP contribution < -0.4 is 10.2 Å². The van der Waals surface area contributed by atoms with E-state index in [1.54, 1.807) is 37.3 Å². The largest absolute Gasteiger partial charge is 0.326 e. The van der Waals surface area contributed by atoms with Gasteiger partial charge in [-0.1, -0.05) is 24.3 Å². The number of fused-ring (bicyclic) bond motifs is 3. The second-order valence-corrected chi connectivity index (χ2v) is 6.14. The van der Waals surface area contributed by atoms with Crippen molar-refractivity contribution in [1.82, 2.24) is 4.98 Å². The number of amides is 3. The smallest absolute Gasteiger partial charge is 0.268 e. The van der Waals surface area contributed by atoms with Crippen LogP contribution in [0.1, 0.15) is 33.3 Å². The maximum Gasteiger partial charge on any atom is 0.268 e. The number of benzene rings is 2. The lowest BCUT2D eigenvalue weighted by atomic mass is 10.0. The molecule has 0 bridgehead atoms. The first-order valence-corrected chi connectivity index (χ1v) is 8.13. The molecule has 1 aromatic heterocycles. The highest BCUT2D eigenvalue weighted by molar-refractivity contribution is 6.37. The van der Waals surface area contributed by atoms with E-state index in [1.807, 2.05) is 18.2 Å². The van der Waals surface area contributed by atoms with E-state index in [9.17, 15) is 14.4 Å². The molecular weight excluding hydrogens is 330 g/mol. The van der Waals surface area contributed by atoms with Crippen molar-refractivity contribution in [2.24, 2.45) is 0 Å². The summed E-state index contributed by atoms with van der Waals surface area (Å²) in [7, 11) is 0. The third-order valence-corrected chi connectivity index (χ3v) is 4.33. The number of pyridine rings is 1. The highest BCUT2D eigenvalue weighted by atomic mass is 16.2. The lowest BCUT2D eigenvalue weighted by Crippen LogP contribution is -2.29. The minimum absolute atomic E-state index is 0.226. The highest BCUT2D eigenvalue weighted by Gasteiger charge is 2.40. The third kappa shape index (κ3) is 2.35. The molecule has 0 radical (unpaired) electrons. The second-order valence-electron chi connectivity index (χ2n) is 6.14. The molecule has 4 rings (SSSR count). The number of nitrogens with one attached hydrogen (secondary N) is 1. The quantitative estimate of drug-likeness (QED) is 0.723. The van der Waals surface area contributed by atoms with Crippen LogP contribution in [0.25, 0.3) is 10.9 Å². The predicted molar refractivity (Wildman–Crippen MR) is 98.4 cm³/mol.